The van der Waals surface area contributed by atoms with E-state index in [1.807, 2.05) is 30.3 Å². The van der Waals surface area contributed by atoms with E-state index in [0.29, 0.717) is 5.56 Å². The van der Waals surface area contributed by atoms with Gasteiger partial charge in [-0.3, -0.25) is 4.79 Å². The van der Waals surface area contributed by atoms with E-state index in [-0.39, 0.29) is 5.91 Å². The van der Waals surface area contributed by atoms with Crippen molar-refractivity contribution in [2.45, 2.75) is 0 Å². The van der Waals surface area contributed by atoms with Crippen LogP contribution in [-0.4, -0.2) is 12.1 Å². The molecule has 0 radical (unpaired) electrons. The molecule has 0 unspecified atom stereocenters. The van der Waals surface area contributed by atoms with E-state index in [9.17, 15) is 4.79 Å². The van der Waals surface area contributed by atoms with Crippen molar-refractivity contribution in [1.82, 2.24) is 5.43 Å². The van der Waals surface area contributed by atoms with Gasteiger partial charge in [0.05, 0.1) is 6.21 Å². The van der Waals surface area contributed by atoms with Crippen LogP contribution < -0.4 is 5.43 Å². The van der Waals surface area contributed by atoms with Gasteiger partial charge in [-0.25, -0.2) is 5.43 Å². The molecular formula is C14H10Br2N2O. The maximum Gasteiger partial charge on any atom is 0.271 e. The van der Waals surface area contributed by atoms with Gasteiger partial charge in [-0.15, -0.1) is 0 Å². The molecular weight excluding hydrogens is 372 g/mol. The van der Waals surface area contributed by atoms with Crippen LogP contribution in [0.4, 0.5) is 0 Å². The summed E-state index contributed by atoms with van der Waals surface area (Å²) in [4.78, 5) is 11.8. The van der Waals surface area contributed by atoms with Crippen LogP contribution in [0.25, 0.3) is 0 Å². The van der Waals surface area contributed by atoms with Crippen LogP contribution in [-0.2, 0) is 0 Å². The van der Waals surface area contributed by atoms with E-state index >= 15 is 0 Å². The number of nitrogens with zero attached hydrogens (tertiary/aromatic N) is 1. The van der Waals surface area contributed by atoms with Gasteiger partial charge in [-0.1, -0.05) is 50.1 Å². The molecule has 3 nitrogen and oxygen atoms in total. The van der Waals surface area contributed by atoms with Crippen molar-refractivity contribution in [2.24, 2.45) is 5.10 Å². The van der Waals surface area contributed by atoms with Crippen molar-refractivity contribution >= 4 is 44.0 Å². The molecule has 0 spiro atoms. The molecule has 96 valence electrons. The van der Waals surface area contributed by atoms with E-state index < -0.39 is 0 Å². The summed E-state index contributed by atoms with van der Waals surface area (Å²) in [5, 5.41) is 3.92. The van der Waals surface area contributed by atoms with Crippen molar-refractivity contribution < 1.29 is 4.79 Å². The third-order valence-electron chi connectivity index (χ3n) is 2.34. The molecule has 0 aliphatic heterocycles. The van der Waals surface area contributed by atoms with Crippen LogP contribution in [0.15, 0.2) is 62.6 Å². The maximum absolute atomic E-state index is 11.8. The molecule has 0 fully saturated rings. The zero-order valence-corrected chi connectivity index (χ0v) is 13.0. The lowest BCUT2D eigenvalue weighted by molar-refractivity contribution is 0.0955. The number of rotatable bonds is 3. The molecule has 0 saturated carbocycles. The van der Waals surface area contributed by atoms with Crippen molar-refractivity contribution in [3.05, 3.63) is 68.6 Å². The molecule has 19 heavy (non-hydrogen) atoms. The Balaban J connectivity index is 1.98. The summed E-state index contributed by atoms with van der Waals surface area (Å²) in [7, 11) is 0. The Bertz CT molecular complexity index is 609. The average Bonchev–Trinajstić information content (AvgIpc) is 2.41. The first-order chi connectivity index (χ1) is 9.15. The third-order valence-corrected chi connectivity index (χ3v) is 3.36. The highest BCUT2D eigenvalue weighted by Gasteiger charge is 2.03. The molecule has 2 aromatic carbocycles. The van der Waals surface area contributed by atoms with Crippen LogP contribution in [0.1, 0.15) is 15.9 Å². The highest BCUT2D eigenvalue weighted by Crippen LogP contribution is 2.11. The van der Waals surface area contributed by atoms with Crippen molar-refractivity contribution in [3.8, 4) is 0 Å². The van der Waals surface area contributed by atoms with E-state index in [1.54, 1.807) is 24.4 Å². The number of hydrogen-bond acceptors (Lipinski definition) is 2. The topological polar surface area (TPSA) is 41.5 Å². The van der Waals surface area contributed by atoms with Crippen molar-refractivity contribution in [3.63, 3.8) is 0 Å². The smallest absolute Gasteiger partial charge is 0.267 e. The Hall–Kier alpha value is -1.46. The summed E-state index contributed by atoms with van der Waals surface area (Å²) in [5.74, 6) is -0.241. The summed E-state index contributed by atoms with van der Waals surface area (Å²) in [6.07, 6.45) is 1.60. The Labute approximate surface area is 128 Å². The van der Waals surface area contributed by atoms with Gasteiger partial charge in [0.25, 0.3) is 5.91 Å². The minimum Gasteiger partial charge on any atom is -0.267 e. The number of carbonyl (C=O) groups excluding carboxylic acids is 1. The predicted molar refractivity (Wildman–Crippen MR) is 83.3 cm³/mol. The van der Waals surface area contributed by atoms with Gasteiger partial charge in [-0.05, 0) is 35.9 Å². The summed E-state index contributed by atoms with van der Waals surface area (Å²) in [6, 6.07) is 14.8. The van der Waals surface area contributed by atoms with Crippen LogP contribution in [0.5, 0.6) is 0 Å². The largest absolute Gasteiger partial charge is 0.271 e. The maximum atomic E-state index is 11.8. The van der Waals surface area contributed by atoms with Gasteiger partial charge in [0.2, 0.25) is 0 Å². The summed E-state index contributed by atoms with van der Waals surface area (Å²) < 4.78 is 1.86. The van der Waals surface area contributed by atoms with Gasteiger partial charge < -0.3 is 0 Å². The van der Waals surface area contributed by atoms with Crippen LogP contribution in [0.3, 0.4) is 0 Å². The Morgan fingerprint density at radius 3 is 2.47 bits per heavy atom. The molecule has 2 rings (SSSR count). The van der Waals surface area contributed by atoms with Crippen LogP contribution >= 0.6 is 31.9 Å². The standard InChI is InChI=1S/C14H10Br2N2O/c15-12-6-4-10(5-7-12)9-17-18-14(19)11-2-1-3-13(16)8-11/h1-9H,(H,18,19)/b17-9+. The van der Waals surface area contributed by atoms with E-state index in [2.05, 4.69) is 42.4 Å². The number of hydrogen-bond donors (Lipinski definition) is 1. The average molecular weight is 382 g/mol. The van der Waals surface area contributed by atoms with Crippen LogP contribution in [0, 0.1) is 0 Å². The fraction of sp³-hybridized carbons (Fsp3) is 0. The van der Waals surface area contributed by atoms with Crippen molar-refractivity contribution in [2.75, 3.05) is 0 Å². The normalized spacial score (nSPS) is 10.6. The first-order valence-corrected chi connectivity index (χ1v) is 7.08. The number of halogens is 2. The second-order valence-corrected chi connectivity index (χ2v) is 5.59. The van der Waals surface area contributed by atoms with Gasteiger partial charge in [-0.2, -0.15) is 5.10 Å². The molecule has 0 saturated heterocycles. The predicted octanol–water partition coefficient (Wildman–Crippen LogP) is 3.98. The Kier molecular flexibility index (Phi) is 4.87. The van der Waals surface area contributed by atoms with Gasteiger partial charge in [0.1, 0.15) is 0 Å². The van der Waals surface area contributed by atoms with Crippen molar-refractivity contribution in [1.29, 1.82) is 0 Å². The third kappa shape index (κ3) is 4.29. The molecule has 0 aliphatic carbocycles. The first-order valence-electron chi connectivity index (χ1n) is 5.50. The second-order valence-electron chi connectivity index (χ2n) is 3.76. The van der Waals surface area contributed by atoms with Gasteiger partial charge in [0, 0.05) is 14.5 Å². The molecule has 0 aliphatic rings. The molecule has 1 amide bonds. The summed E-state index contributed by atoms with van der Waals surface area (Å²) >= 11 is 6.67. The lowest BCUT2D eigenvalue weighted by Crippen LogP contribution is -2.17. The zero-order chi connectivity index (χ0) is 13.7. The second kappa shape index (κ2) is 6.63. The number of carbonyl (C=O) groups is 1. The SMILES string of the molecule is O=C(N/N=C/c1ccc(Br)cc1)c1cccc(Br)c1. The Morgan fingerprint density at radius 2 is 1.79 bits per heavy atom. The Morgan fingerprint density at radius 1 is 1.05 bits per heavy atom. The molecule has 0 bridgehead atoms. The zero-order valence-electron chi connectivity index (χ0n) is 9.81. The van der Waals surface area contributed by atoms with Crippen LogP contribution in [0.2, 0.25) is 0 Å². The molecule has 2 aromatic rings. The van der Waals surface area contributed by atoms with E-state index in [1.165, 1.54) is 0 Å². The highest BCUT2D eigenvalue weighted by atomic mass is 79.9. The molecule has 0 atom stereocenters. The number of benzene rings is 2. The summed E-state index contributed by atoms with van der Waals surface area (Å²) in [6.45, 7) is 0. The number of nitrogens with one attached hydrogen (secondary N) is 1. The van der Waals surface area contributed by atoms with E-state index in [4.69, 9.17) is 0 Å². The minimum absolute atomic E-state index is 0.241. The highest BCUT2D eigenvalue weighted by molar-refractivity contribution is 9.10. The minimum atomic E-state index is -0.241. The fourth-order valence-corrected chi connectivity index (χ4v) is 2.07. The lowest BCUT2D eigenvalue weighted by Gasteiger charge is -2.00. The fourth-order valence-electron chi connectivity index (χ4n) is 1.41. The number of amides is 1. The lowest BCUT2D eigenvalue weighted by atomic mass is 10.2. The summed E-state index contributed by atoms with van der Waals surface area (Å²) in [5.41, 5.74) is 3.96. The van der Waals surface area contributed by atoms with Gasteiger partial charge >= 0.3 is 0 Å². The number of hydrazone groups is 1. The first kappa shape index (κ1) is 14.0. The van der Waals surface area contributed by atoms with E-state index in [0.717, 1.165) is 14.5 Å². The van der Waals surface area contributed by atoms with Gasteiger partial charge in [0.15, 0.2) is 0 Å². The molecule has 1 N–H and O–H groups in total. The molecule has 0 heterocycles. The molecule has 5 heteroatoms. The quantitative estimate of drug-likeness (QED) is 0.634. The molecule has 0 aromatic heterocycles. The monoisotopic (exact) mass is 380 g/mol.